The maximum Gasteiger partial charge on any atom is 0.0464 e. The van der Waals surface area contributed by atoms with Gasteiger partial charge in [-0.1, -0.05) is 94.1 Å². The van der Waals surface area contributed by atoms with Gasteiger partial charge in [-0.25, -0.2) is 0 Å². The summed E-state index contributed by atoms with van der Waals surface area (Å²) in [6.07, 6.45) is 8.63. The summed E-state index contributed by atoms with van der Waals surface area (Å²) in [7, 11) is 0. The molecule has 1 aliphatic carbocycles. The lowest BCUT2D eigenvalue weighted by Crippen LogP contribution is -2.53. The second kappa shape index (κ2) is 7.78. The zero-order valence-corrected chi connectivity index (χ0v) is 14.2. The van der Waals surface area contributed by atoms with Crippen molar-refractivity contribution in [2.75, 3.05) is 0 Å². The Balaban J connectivity index is 2.45. The van der Waals surface area contributed by atoms with E-state index < -0.39 is 0 Å². The van der Waals surface area contributed by atoms with Crippen LogP contribution < -0.4 is 5.73 Å². The Kier molecular flexibility index (Phi) is 6.02. The summed E-state index contributed by atoms with van der Waals surface area (Å²) in [4.78, 5) is 0. The predicted octanol–water partition coefficient (Wildman–Crippen LogP) is 5.74. The monoisotopic (exact) mass is 297 g/mol. The van der Waals surface area contributed by atoms with Gasteiger partial charge in [-0.05, 0) is 30.2 Å². The molecular weight excluding hydrogens is 266 g/mol. The average molecular weight is 297 g/mol. The predicted molar refractivity (Wildman–Crippen MR) is 96.0 cm³/mol. The summed E-state index contributed by atoms with van der Waals surface area (Å²) in [6, 6.07) is 19.0. The minimum absolute atomic E-state index is 0.203. The summed E-state index contributed by atoms with van der Waals surface area (Å²) < 4.78 is 0. The molecule has 0 spiro atoms. The Labute approximate surface area is 136 Å². The Hall–Kier alpha value is -1.34. The smallest absolute Gasteiger partial charge is 0.0464 e. The Morgan fingerprint density at radius 3 is 2.05 bits per heavy atom. The molecule has 1 aromatic rings. The maximum atomic E-state index is 7.07. The lowest BCUT2D eigenvalue weighted by Gasteiger charge is -2.50. The molecule has 0 aromatic heterocycles. The van der Waals surface area contributed by atoms with Crippen LogP contribution in [0.5, 0.6) is 0 Å². The van der Waals surface area contributed by atoms with Gasteiger partial charge in [0.2, 0.25) is 0 Å². The fraction of sp³-hybridized carbons (Fsp3) is 0.524. The van der Waals surface area contributed by atoms with Crippen molar-refractivity contribution in [1.29, 1.82) is 0 Å². The molecule has 120 valence electrons. The normalized spacial score (nSPS) is 28.0. The van der Waals surface area contributed by atoms with E-state index in [0.29, 0.717) is 0 Å². The highest BCUT2D eigenvalue weighted by atomic mass is 14.8. The van der Waals surface area contributed by atoms with E-state index in [1.165, 1.54) is 44.1 Å². The molecule has 1 heteroatoms. The highest BCUT2D eigenvalue weighted by molar-refractivity contribution is 5.26. The van der Waals surface area contributed by atoms with Crippen LogP contribution in [0.1, 0.15) is 64.4 Å². The number of hydrogen-bond acceptors (Lipinski definition) is 1. The first-order chi connectivity index (χ1) is 10.6. The van der Waals surface area contributed by atoms with Crippen LogP contribution in [-0.2, 0) is 5.54 Å². The van der Waals surface area contributed by atoms with Crippen LogP contribution in [0, 0.1) is 5.41 Å². The standard InChI is InChI=1S/C21H31N/c1-3-4-16-20(2)17-12-13-18-21(20,22)19-14-10-8-6-5-7-9-11-15-19/h5-11,14-15H,3-4,12-13,16-18,22H2,1-2H3. The molecule has 1 nitrogen and oxygen atoms in total. The fourth-order valence-corrected chi connectivity index (χ4v) is 3.84. The molecule has 0 saturated heterocycles. The minimum atomic E-state index is -0.210. The topological polar surface area (TPSA) is 26.0 Å². The van der Waals surface area contributed by atoms with Crippen LogP contribution in [0.2, 0.25) is 0 Å². The number of rotatable bonds is 4. The molecule has 2 rings (SSSR count). The lowest BCUT2D eigenvalue weighted by molar-refractivity contribution is 0.0651. The van der Waals surface area contributed by atoms with Gasteiger partial charge < -0.3 is 5.73 Å². The molecule has 0 heterocycles. The van der Waals surface area contributed by atoms with Crippen molar-refractivity contribution in [1.82, 2.24) is 0 Å². The minimum Gasteiger partial charge on any atom is -0.321 e. The van der Waals surface area contributed by atoms with E-state index in [9.17, 15) is 0 Å². The molecule has 2 unspecified atom stereocenters. The second-order valence-electron chi connectivity index (χ2n) is 6.98. The first-order valence-electron chi connectivity index (χ1n) is 8.80. The Morgan fingerprint density at radius 2 is 1.45 bits per heavy atom. The van der Waals surface area contributed by atoms with Crippen LogP contribution >= 0.6 is 0 Å². The van der Waals surface area contributed by atoms with E-state index >= 15 is 0 Å². The molecule has 1 aliphatic rings. The molecule has 0 aliphatic heterocycles. The molecule has 22 heavy (non-hydrogen) atoms. The summed E-state index contributed by atoms with van der Waals surface area (Å²) in [5, 5.41) is 0. The van der Waals surface area contributed by atoms with Crippen LogP contribution in [-0.4, -0.2) is 0 Å². The molecular formula is C21H31N. The second-order valence-corrected chi connectivity index (χ2v) is 6.98. The van der Waals surface area contributed by atoms with Crippen LogP contribution in [0.4, 0.5) is 0 Å². The van der Waals surface area contributed by atoms with Crippen LogP contribution in [0.3, 0.4) is 0 Å². The molecule has 2 N–H and O–H groups in total. The van der Waals surface area contributed by atoms with Gasteiger partial charge in [0.15, 0.2) is 0 Å². The largest absolute Gasteiger partial charge is 0.321 e. The first kappa shape index (κ1) is 17.0. The van der Waals surface area contributed by atoms with Gasteiger partial charge in [-0.15, -0.1) is 0 Å². The molecule has 0 amide bonds. The number of unbranched alkanes of at least 4 members (excludes halogenated alkanes) is 1. The van der Waals surface area contributed by atoms with Crippen molar-refractivity contribution < 1.29 is 0 Å². The number of nitrogens with two attached hydrogens (primary N) is 1. The van der Waals surface area contributed by atoms with Gasteiger partial charge in [-0.3, -0.25) is 0 Å². The van der Waals surface area contributed by atoms with Gasteiger partial charge in [-0.2, -0.15) is 0 Å². The molecule has 0 bridgehead atoms. The van der Waals surface area contributed by atoms with E-state index in [-0.39, 0.29) is 11.0 Å². The van der Waals surface area contributed by atoms with E-state index in [2.05, 4.69) is 62.4 Å². The van der Waals surface area contributed by atoms with Gasteiger partial charge in [0.1, 0.15) is 0 Å². The van der Waals surface area contributed by atoms with Gasteiger partial charge in [0.25, 0.3) is 0 Å². The summed E-state index contributed by atoms with van der Waals surface area (Å²) >= 11 is 0. The van der Waals surface area contributed by atoms with Crippen molar-refractivity contribution in [2.45, 2.75) is 64.3 Å². The van der Waals surface area contributed by atoms with E-state index in [0.717, 1.165) is 6.42 Å². The maximum absolute atomic E-state index is 7.07. The van der Waals surface area contributed by atoms with E-state index in [1.54, 1.807) is 0 Å². The molecule has 0 radical (unpaired) electrons. The van der Waals surface area contributed by atoms with Crippen molar-refractivity contribution in [3.05, 3.63) is 60.2 Å². The molecule has 1 saturated carbocycles. The van der Waals surface area contributed by atoms with Crippen LogP contribution in [0.15, 0.2) is 54.6 Å². The summed E-state index contributed by atoms with van der Waals surface area (Å²) in [5.41, 5.74) is 8.34. The van der Waals surface area contributed by atoms with Gasteiger partial charge in [0.05, 0.1) is 0 Å². The Morgan fingerprint density at radius 1 is 0.909 bits per heavy atom. The molecule has 1 aromatic carbocycles. The zero-order valence-electron chi connectivity index (χ0n) is 14.2. The van der Waals surface area contributed by atoms with Crippen molar-refractivity contribution in [2.24, 2.45) is 11.1 Å². The third-order valence-electron chi connectivity index (χ3n) is 5.44. The quantitative estimate of drug-likeness (QED) is 0.754. The fourth-order valence-electron chi connectivity index (χ4n) is 3.84. The highest BCUT2D eigenvalue weighted by Gasteiger charge is 2.47. The van der Waals surface area contributed by atoms with E-state index in [4.69, 9.17) is 5.73 Å². The number of hydrogen-bond donors (Lipinski definition) is 1. The van der Waals surface area contributed by atoms with Crippen molar-refractivity contribution in [3.8, 4) is 0 Å². The van der Waals surface area contributed by atoms with Crippen LogP contribution in [0.25, 0.3) is 0 Å². The van der Waals surface area contributed by atoms with Gasteiger partial charge in [0, 0.05) is 5.54 Å². The van der Waals surface area contributed by atoms with Gasteiger partial charge >= 0.3 is 0 Å². The average Bonchev–Trinajstić information content (AvgIpc) is 2.53. The highest BCUT2D eigenvalue weighted by Crippen LogP contribution is 2.51. The van der Waals surface area contributed by atoms with Crippen molar-refractivity contribution >= 4 is 0 Å². The third kappa shape index (κ3) is 3.70. The first-order valence-corrected chi connectivity index (χ1v) is 8.80. The molecule has 1 fully saturated rings. The lowest BCUT2D eigenvalue weighted by atomic mass is 9.58. The molecule has 2 atom stereocenters. The Bertz CT molecular complexity index is 498. The SMILES string of the molecule is CCCCC1(C)CCCCC1(N)c1ccccccccc1. The summed E-state index contributed by atoms with van der Waals surface area (Å²) in [6.45, 7) is 4.68. The zero-order chi connectivity index (χ0) is 15.9. The third-order valence-corrected chi connectivity index (χ3v) is 5.44. The summed E-state index contributed by atoms with van der Waals surface area (Å²) in [5.74, 6) is 0. The van der Waals surface area contributed by atoms with E-state index in [1.807, 2.05) is 6.07 Å². The van der Waals surface area contributed by atoms with Crippen molar-refractivity contribution in [3.63, 3.8) is 0 Å².